The van der Waals surface area contributed by atoms with Crippen LogP contribution in [0.25, 0.3) is 11.3 Å². The Kier molecular flexibility index (Phi) is 7.09. The van der Waals surface area contributed by atoms with Gasteiger partial charge in [0, 0.05) is 49.2 Å². The standard InChI is InChI=1S/C27H31N5O3/c1-34-24-10-4-20(5-11-24)25-17-26(29-19-28-25)32-12-2-3-21(18-32)27(33)30-22-6-8-23(9-7-22)31-13-15-35-16-14-31/h4-11,17,19,21H,2-3,12-16,18H2,1H3,(H,30,33). The quantitative estimate of drug-likeness (QED) is 0.583. The average molecular weight is 474 g/mol. The first-order chi connectivity index (χ1) is 17.2. The molecular weight excluding hydrogens is 442 g/mol. The Morgan fingerprint density at radius 3 is 2.51 bits per heavy atom. The summed E-state index contributed by atoms with van der Waals surface area (Å²) in [7, 11) is 1.65. The zero-order valence-electron chi connectivity index (χ0n) is 20.0. The summed E-state index contributed by atoms with van der Waals surface area (Å²) in [5, 5.41) is 3.11. The maximum absolute atomic E-state index is 13.1. The zero-order chi connectivity index (χ0) is 24.0. The van der Waals surface area contributed by atoms with Crippen LogP contribution in [0.3, 0.4) is 0 Å². The van der Waals surface area contributed by atoms with E-state index in [1.54, 1.807) is 13.4 Å². The van der Waals surface area contributed by atoms with Gasteiger partial charge in [-0.2, -0.15) is 0 Å². The molecule has 0 aliphatic carbocycles. The van der Waals surface area contributed by atoms with E-state index in [-0.39, 0.29) is 11.8 Å². The number of ether oxygens (including phenoxy) is 2. The summed E-state index contributed by atoms with van der Waals surface area (Å²) in [6.07, 6.45) is 3.40. The number of anilines is 3. The topological polar surface area (TPSA) is 79.8 Å². The first kappa shape index (κ1) is 23.1. The van der Waals surface area contributed by atoms with E-state index in [1.165, 1.54) is 0 Å². The first-order valence-electron chi connectivity index (χ1n) is 12.1. The third kappa shape index (κ3) is 5.54. The Balaban J connectivity index is 1.22. The fourth-order valence-electron chi connectivity index (χ4n) is 4.66. The molecule has 3 aromatic rings. The highest BCUT2D eigenvalue weighted by Gasteiger charge is 2.27. The number of nitrogens with one attached hydrogen (secondary N) is 1. The summed E-state index contributed by atoms with van der Waals surface area (Å²) >= 11 is 0. The minimum absolute atomic E-state index is 0.0539. The number of rotatable bonds is 6. The molecule has 182 valence electrons. The van der Waals surface area contributed by atoms with Crippen LogP contribution >= 0.6 is 0 Å². The number of amides is 1. The van der Waals surface area contributed by atoms with Crippen LogP contribution in [0.4, 0.5) is 17.2 Å². The number of hydrogen-bond acceptors (Lipinski definition) is 7. The summed E-state index contributed by atoms with van der Waals surface area (Å²) < 4.78 is 10.7. The molecule has 0 bridgehead atoms. The Morgan fingerprint density at radius 1 is 1.00 bits per heavy atom. The van der Waals surface area contributed by atoms with E-state index >= 15 is 0 Å². The normalized spacial score (nSPS) is 18.3. The molecule has 2 saturated heterocycles. The monoisotopic (exact) mass is 473 g/mol. The van der Waals surface area contributed by atoms with Gasteiger partial charge in [0.05, 0.1) is 31.9 Å². The highest BCUT2D eigenvalue weighted by atomic mass is 16.5. The second kappa shape index (κ2) is 10.7. The van der Waals surface area contributed by atoms with E-state index in [9.17, 15) is 4.79 Å². The molecule has 0 spiro atoms. The largest absolute Gasteiger partial charge is 0.497 e. The molecule has 5 rings (SSSR count). The van der Waals surface area contributed by atoms with Crippen LogP contribution in [-0.2, 0) is 9.53 Å². The molecule has 35 heavy (non-hydrogen) atoms. The minimum Gasteiger partial charge on any atom is -0.497 e. The van der Waals surface area contributed by atoms with Crippen molar-refractivity contribution in [1.82, 2.24) is 9.97 Å². The third-order valence-corrected chi connectivity index (χ3v) is 6.67. The molecule has 1 N–H and O–H groups in total. The zero-order valence-corrected chi connectivity index (χ0v) is 20.0. The molecule has 1 amide bonds. The number of benzene rings is 2. The van der Waals surface area contributed by atoms with Crippen LogP contribution in [0.2, 0.25) is 0 Å². The molecule has 2 aliphatic rings. The fourth-order valence-corrected chi connectivity index (χ4v) is 4.66. The van der Waals surface area contributed by atoms with Gasteiger partial charge in [-0.1, -0.05) is 0 Å². The number of carbonyl (C=O) groups excluding carboxylic acids is 1. The molecule has 2 fully saturated rings. The number of hydrogen-bond donors (Lipinski definition) is 1. The number of methoxy groups -OCH3 is 1. The van der Waals surface area contributed by atoms with E-state index in [0.717, 1.165) is 79.9 Å². The van der Waals surface area contributed by atoms with Crippen molar-refractivity contribution in [2.75, 3.05) is 61.6 Å². The summed E-state index contributed by atoms with van der Waals surface area (Å²) in [5.74, 6) is 1.61. The summed E-state index contributed by atoms with van der Waals surface area (Å²) in [6, 6.07) is 17.9. The maximum Gasteiger partial charge on any atom is 0.229 e. The lowest BCUT2D eigenvalue weighted by molar-refractivity contribution is -0.120. The summed E-state index contributed by atoms with van der Waals surface area (Å²) in [4.78, 5) is 26.5. The smallest absolute Gasteiger partial charge is 0.229 e. The van der Waals surface area contributed by atoms with Crippen molar-refractivity contribution in [3.05, 3.63) is 60.9 Å². The molecule has 0 saturated carbocycles. The van der Waals surface area contributed by atoms with Gasteiger partial charge in [-0.15, -0.1) is 0 Å². The number of piperidine rings is 1. The van der Waals surface area contributed by atoms with Crippen LogP contribution in [0, 0.1) is 5.92 Å². The van der Waals surface area contributed by atoms with Gasteiger partial charge in [0.15, 0.2) is 0 Å². The molecule has 8 nitrogen and oxygen atoms in total. The predicted octanol–water partition coefficient (Wildman–Crippen LogP) is 3.84. The summed E-state index contributed by atoms with van der Waals surface area (Å²) in [5.41, 5.74) is 3.84. The van der Waals surface area contributed by atoms with Crippen molar-refractivity contribution in [1.29, 1.82) is 0 Å². The molecule has 2 aliphatic heterocycles. The van der Waals surface area contributed by atoms with Crippen LogP contribution in [-0.4, -0.2) is 62.4 Å². The predicted molar refractivity (Wildman–Crippen MR) is 137 cm³/mol. The van der Waals surface area contributed by atoms with Gasteiger partial charge in [0.25, 0.3) is 0 Å². The Bertz CT molecular complexity index is 1130. The van der Waals surface area contributed by atoms with E-state index < -0.39 is 0 Å². The van der Waals surface area contributed by atoms with Gasteiger partial charge in [-0.25, -0.2) is 9.97 Å². The molecule has 1 aromatic heterocycles. The van der Waals surface area contributed by atoms with E-state index in [4.69, 9.17) is 9.47 Å². The Morgan fingerprint density at radius 2 is 1.77 bits per heavy atom. The highest BCUT2D eigenvalue weighted by molar-refractivity contribution is 5.93. The van der Waals surface area contributed by atoms with Crippen molar-refractivity contribution in [2.24, 2.45) is 5.92 Å². The molecule has 2 aromatic carbocycles. The molecular formula is C27H31N5O3. The van der Waals surface area contributed by atoms with Crippen LogP contribution in [0.1, 0.15) is 12.8 Å². The minimum atomic E-state index is -0.0953. The van der Waals surface area contributed by atoms with Crippen molar-refractivity contribution < 1.29 is 14.3 Å². The van der Waals surface area contributed by atoms with Crippen LogP contribution in [0.5, 0.6) is 5.75 Å². The lowest BCUT2D eigenvalue weighted by atomic mass is 9.97. The Hall–Kier alpha value is -3.65. The summed E-state index contributed by atoms with van der Waals surface area (Å²) in [6.45, 7) is 4.81. The highest BCUT2D eigenvalue weighted by Crippen LogP contribution is 2.27. The maximum atomic E-state index is 13.1. The molecule has 8 heteroatoms. The van der Waals surface area contributed by atoms with Crippen molar-refractivity contribution in [2.45, 2.75) is 12.8 Å². The first-order valence-corrected chi connectivity index (χ1v) is 12.1. The number of morpholine rings is 1. The van der Waals surface area contributed by atoms with Gasteiger partial charge in [-0.05, 0) is 61.4 Å². The number of carbonyl (C=O) groups is 1. The fraction of sp³-hybridized carbons (Fsp3) is 0.370. The van der Waals surface area contributed by atoms with Crippen molar-refractivity contribution >= 4 is 23.1 Å². The van der Waals surface area contributed by atoms with Crippen LogP contribution in [0.15, 0.2) is 60.9 Å². The van der Waals surface area contributed by atoms with Gasteiger partial charge < -0.3 is 24.6 Å². The lowest BCUT2D eigenvalue weighted by Crippen LogP contribution is -2.41. The van der Waals surface area contributed by atoms with Crippen molar-refractivity contribution in [3.8, 4) is 17.0 Å². The SMILES string of the molecule is COc1ccc(-c2cc(N3CCCC(C(=O)Nc4ccc(N5CCOCC5)cc4)C3)ncn2)cc1. The average Bonchev–Trinajstić information content (AvgIpc) is 2.94. The second-order valence-corrected chi connectivity index (χ2v) is 8.91. The Labute approximate surface area is 205 Å². The van der Waals surface area contributed by atoms with E-state index in [0.29, 0.717) is 6.54 Å². The van der Waals surface area contributed by atoms with Gasteiger partial charge in [0.2, 0.25) is 5.91 Å². The van der Waals surface area contributed by atoms with Gasteiger partial charge in [0.1, 0.15) is 17.9 Å². The number of nitrogens with zero attached hydrogens (tertiary/aromatic N) is 4. The molecule has 0 radical (unpaired) electrons. The third-order valence-electron chi connectivity index (χ3n) is 6.67. The second-order valence-electron chi connectivity index (χ2n) is 8.91. The van der Waals surface area contributed by atoms with Crippen molar-refractivity contribution in [3.63, 3.8) is 0 Å². The lowest BCUT2D eigenvalue weighted by Gasteiger charge is -2.33. The molecule has 1 atom stereocenters. The number of aromatic nitrogens is 2. The van der Waals surface area contributed by atoms with Gasteiger partial charge >= 0.3 is 0 Å². The van der Waals surface area contributed by atoms with Crippen LogP contribution < -0.4 is 19.9 Å². The molecule has 3 heterocycles. The van der Waals surface area contributed by atoms with Gasteiger partial charge in [-0.3, -0.25) is 4.79 Å². The van der Waals surface area contributed by atoms with E-state index in [2.05, 4.69) is 37.2 Å². The van der Waals surface area contributed by atoms with E-state index in [1.807, 2.05) is 42.5 Å². The molecule has 1 unspecified atom stereocenters.